The Hall–Kier alpha value is -2.63. The molecule has 0 spiro atoms. The fourth-order valence-electron chi connectivity index (χ4n) is 7.90. The third-order valence-corrected chi connectivity index (χ3v) is 12.1. The number of carbonyl (C=O) groups excluding carboxylic acids is 3. The second kappa shape index (κ2) is 53.0. The average Bonchev–Trinajstić information content (AvgIpc) is 3.29. The molecule has 0 heterocycles. The Balaban J connectivity index is 4.39. The Morgan fingerprint density at radius 2 is 0.547 bits per heavy atom. The first-order valence-electron chi connectivity index (χ1n) is 27.7. The summed E-state index contributed by atoms with van der Waals surface area (Å²) in [5, 5.41) is 0. The number of allylic oxidation sites excluding steroid dienone is 8. The van der Waals surface area contributed by atoms with Crippen molar-refractivity contribution in [3.05, 3.63) is 48.6 Å². The molecule has 1 unspecified atom stereocenters. The van der Waals surface area contributed by atoms with Crippen LogP contribution < -0.4 is 0 Å². The number of hydrogen-bond donors (Lipinski definition) is 0. The minimum atomic E-state index is -0.781. The van der Waals surface area contributed by atoms with Gasteiger partial charge in [0.15, 0.2) is 6.10 Å². The fraction of sp³-hybridized carbons (Fsp3) is 0.810. The summed E-state index contributed by atoms with van der Waals surface area (Å²) in [6.07, 6.45) is 63.7. The highest BCUT2D eigenvalue weighted by molar-refractivity contribution is 5.71. The van der Waals surface area contributed by atoms with Crippen LogP contribution in [0.2, 0.25) is 0 Å². The van der Waals surface area contributed by atoms with Crippen molar-refractivity contribution in [2.75, 3.05) is 13.2 Å². The molecule has 0 aliphatic carbocycles. The largest absolute Gasteiger partial charge is 0.462 e. The first-order valence-corrected chi connectivity index (χ1v) is 27.7. The minimum absolute atomic E-state index is 0.0791. The van der Waals surface area contributed by atoms with Crippen LogP contribution in [-0.4, -0.2) is 37.2 Å². The number of carbonyl (C=O) groups is 3. The maximum atomic E-state index is 12.8. The summed E-state index contributed by atoms with van der Waals surface area (Å²) in [7, 11) is 0. The Bertz CT molecular complexity index is 1120. The lowest BCUT2D eigenvalue weighted by Gasteiger charge is -2.18. The number of ether oxygens (including phenoxy) is 3. The maximum Gasteiger partial charge on any atom is 0.306 e. The molecule has 372 valence electrons. The molecule has 0 saturated heterocycles. The highest BCUT2D eigenvalue weighted by Gasteiger charge is 2.19. The molecule has 0 fully saturated rings. The molecular weight excluding hydrogens is 793 g/mol. The van der Waals surface area contributed by atoms with Crippen LogP contribution in [0.1, 0.15) is 284 Å². The van der Waals surface area contributed by atoms with Gasteiger partial charge in [0.1, 0.15) is 13.2 Å². The van der Waals surface area contributed by atoms with E-state index < -0.39 is 6.10 Å². The van der Waals surface area contributed by atoms with E-state index in [9.17, 15) is 14.4 Å². The van der Waals surface area contributed by atoms with E-state index in [1.54, 1.807) is 0 Å². The van der Waals surface area contributed by atoms with Gasteiger partial charge in [0, 0.05) is 19.3 Å². The lowest BCUT2D eigenvalue weighted by atomic mass is 10.0. The van der Waals surface area contributed by atoms with Gasteiger partial charge in [0.25, 0.3) is 0 Å². The van der Waals surface area contributed by atoms with E-state index in [1.807, 2.05) is 0 Å². The van der Waals surface area contributed by atoms with E-state index in [2.05, 4.69) is 69.4 Å². The molecule has 0 bridgehead atoms. The number of rotatable bonds is 50. The summed E-state index contributed by atoms with van der Waals surface area (Å²) in [6, 6.07) is 0. The predicted octanol–water partition coefficient (Wildman–Crippen LogP) is 18.3. The van der Waals surface area contributed by atoms with Crippen molar-refractivity contribution < 1.29 is 28.6 Å². The zero-order valence-electron chi connectivity index (χ0n) is 42.6. The van der Waals surface area contributed by atoms with E-state index >= 15 is 0 Å². The molecule has 0 saturated carbocycles. The van der Waals surface area contributed by atoms with Gasteiger partial charge in [-0.25, -0.2) is 0 Å². The van der Waals surface area contributed by atoms with Crippen LogP contribution in [0.25, 0.3) is 0 Å². The second-order valence-electron chi connectivity index (χ2n) is 18.6. The molecule has 0 aromatic heterocycles. The SMILES string of the molecule is CCCCC/C=C\C=C/CCCCCCCCC(=O)OCC(COC(=O)CCCCCCCCCCCCCCCCCC)OC(=O)CCCCCCCC/C=C\C=C/CCCCC. The lowest BCUT2D eigenvalue weighted by Crippen LogP contribution is -2.30. The van der Waals surface area contributed by atoms with E-state index in [-0.39, 0.29) is 31.1 Å². The molecule has 1 atom stereocenters. The van der Waals surface area contributed by atoms with Gasteiger partial charge in [-0.1, -0.05) is 243 Å². The van der Waals surface area contributed by atoms with Crippen LogP contribution in [0.5, 0.6) is 0 Å². The quantitative estimate of drug-likeness (QED) is 0.0262. The van der Waals surface area contributed by atoms with Crippen LogP contribution in [0, 0.1) is 0 Å². The molecule has 0 aliphatic heterocycles. The zero-order chi connectivity index (χ0) is 46.5. The van der Waals surface area contributed by atoms with Crippen molar-refractivity contribution in [2.24, 2.45) is 0 Å². The summed E-state index contributed by atoms with van der Waals surface area (Å²) in [5.41, 5.74) is 0. The summed E-state index contributed by atoms with van der Waals surface area (Å²) in [4.78, 5) is 38.1. The van der Waals surface area contributed by atoms with Gasteiger partial charge in [0.05, 0.1) is 0 Å². The van der Waals surface area contributed by atoms with Crippen LogP contribution in [0.3, 0.4) is 0 Å². The van der Waals surface area contributed by atoms with Gasteiger partial charge in [-0.3, -0.25) is 14.4 Å². The van der Waals surface area contributed by atoms with Crippen molar-refractivity contribution in [3.8, 4) is 0 Å². The first-order chi connectivity index (χ1) is 31.5. The highest BCUT2D eigenvalue weighted by atomic mass is 16.6. The maximum absolute atomic E-state index is 12.8. The molecule has 0 radical (unpaired) electrons. The number of hydrogen-bond acceptors (Lipinski definition) is 6. The van der Waals surface area contributed by atoms with Crippen molar-refractivity contribution in [3.63, 3.8) is 0 Å². The van der Waals surface area contributed by atoms with Crippen LogP contribution in [-0.2, 0) is 28.6 Å². The Labute approximate surface area is 397 Å². The van der Waals surface area contributed by atoms with Crippen molar-refractivity contribution in [1.82, 2.24) is 0 Å². The van der Waals surface area contributed by atoms with Gasteiger partial charge in [0.2, 0.25) is 0 Å². The molecule has 0 aromatic carbocycles. The molecule has 6 heteroatoms. The molecule has 0 rings (SSSR count). The van der Waals surface area contributed by atoms with E-state index in [4.69, 9.17) is 14.2 Å². The van der Waals surface area contributed by atoms with Gasteiger partial charge >= 0.3 is 17.9 Å². The molecule has 0 N–H and O–H groups in total. The summed E-state index contributed by atoms with van der Waals surface area (Å²) >= 11 is 0. The average molecular weight is 897 g/mol. The van der Waals surface area contributed by atoms with Crippen molar-refractivity contribution in [2.45, 2.75) is 290 Å². The molecular formula is C58H104O6. The normalized spacial score (nSPS) is 12.4. The van der Waals surface area contributed by atoms with Gasteiger partial charge in [-0.05, 0) is 70.6 Å². The Kier molecular flexibility index (Phi) is 50.8. The van der Waals surface area contributed by atoms with E-state index in [1.165, 1.54) is 173 Å². The van der Waals surface area contributed by atoms with Gasteiger partial charge in [-0.2, -0.15) is 0 Å². The van der Waals surface area contributed by atoms with E-state index in [0.717, 1.165) is 70.6 Å². The molecule has 64 heavy (non-hydrogen) atoms. The first kappa shape index (κ1) is 61.4. The molecule has 0 aliphatic rings. The molecule has 6 nitrogen and oxygen atoms in total. The number of unbranched alkanes of at least 4 members (excludes halogenated alkanes) is 33. The van der Waals surface area contributed by atoms with Crippen LogP contribution in [0.4, 0.5) is 0 Å². The van der Waals surface area contributed by atoms with Crippen molar-refractivity contribution >= 4 is 17.9 Å². The third kappa shape index (κ3) is 50.4. The standard InChI is InChI=1S/C58H104O6/c1-4-7-10-13-16-19-22-25-28-31-33-36-39-42-45-48-51-57(60)63-54-55(64-58(61)52-49-46-43-40-37-34-30-27-24-21-18-15-12-9-6-3)53-62-56(59)50-47-44-41-38-35-32-29-26-23-20-17-14-11-8-5-2/h17-18,20-21,23-24,26-27,55H,4-16,19,22,25,28-54H2,1-3H3/b20-17-,21-18-,26-23-,27-24-. The fourth-order valence-corrected chi connectivity index (χ4v) is 7.90. The summed E-state index contributed by atoms with van der Waals surface area (Å²) < 4.78 is 16.8. The monoisotopic (exact) mass is 897 g/mol. The highest BCUT2D eigenvalue weighted by Crippen LogP contribution is 2.16. The third-order valence-electron chi connectivity index (χ3n) is 12.1. The molecule has 0 aromatic rings. The van der Waals surface area contributed by atoms with Crippen LogP contribution in [0.15, 0.2) is 48.6 Å². The van der Waals surface area contributed by atoms with Crippen LogP contribution >= 0.6 is 0 Å². The second-order valence-corrected chi connectivity index (χ2v) is 18.6. The summed E-state index contributed by atoms with van der Waals surface area (Å²) in [5.74, 6) is -0.891. The summed E-state index contributed by atoms with van der Waals surface area (Å²) in [6.45, 7) is 6.59. The predicted molar refractivity (Wildman–Crippen MR) is 275 cm³/mol. The van der Waals surface area contributed by atoms with Gasteiger partial charge in [-0.15, -0.1) is 0 Å². The number of esters is 3. The van der Waals surface area contributed by atoms with Gasteiger partial charge < -0.3 is 14.2 Å². The van der Waals surface area contributed by atoms with Crippen molar-refractivity contribution in [1.29, 1.82) is 0 Å². The van der Waals surface area contributed by atoms with E-state index in [0.29, 0.717) is 19.3 Å². The Morgan fingerprint density at radius 1 is 0.312 bits per heavy atom. The smallest absolute Gasteiger partial charge is 0.306 e. The zero-order valence-corrected chi connectivity index (χ0v) is 42.6. The minimum Gasteiger partial charge on any atom is -0.462 e. The lowest BCUT2D eigenvalue weighted by molar-refractivity contribution is -0.167. The Morgan fingerprint density at radius 3 is 0.859 bits per heavy atom. The topological polar surface area (TPSA) is 78.9 Å². The molecule has 0 amide bonds.